The van der Waals surface area contributed by atoms with E-state index >= 15 is 0 Å². The lowest BCUT2D eigenvalue weighted by Crippen LogP contribution is -2.32. The number of pyridine rings is 1. The number of H-pyrrole nitrogens is 1. The fourth-order valence-corrected chi connectivity index (χ4v) is 5.34. The summed E-state index contributed by atoms with van der Waals surface area (Å²) in [6, 6.07) is 23.7. The van der Waals surface area contributed by atoms with Crippen LogP contribution in [0.5, 0.6) is 17.2 Å². The Morgan fingerprint density at radius 1 is 1.00 bits per heavy atom. The molecule has 10 heteroatoms. The van der Waals surface area contributed by atoms with Gasteiger partial charge in [-0.25, -0.2) is 4.68 Å². The van der Waals surface area contributed by atoms with Crippen molar-refractivity contribution in [3.63, 3.8) is 0 Å². The Morgan fingerprint density at radius 3 is 2.68 bits per heavy atom. The van der Waals surface area contributed by atoms with E-state index in [9.17, 15) is 4.79 Å². The van der Waals surface area contributed by atoms with Gasteiger partial charge in [-0.3, -0.25) is 9.69 Å². The SMILES string of the molecule is CCC(c1nnnn1CCc1ccccc1)N(Cc1ccc2c(c1)OCO2)Cc1cc2cc(OC)ccc2[nH]c1=O. The molecule has 6 rings (SSSR count). The number of ether oxygens (including phenoxy) is 3. The van der Waals surface area contributed by atoms with E-state index in [1.54, 1.807) is 7.11 Å². The minimum atomic E-state index is -0.147. The number of rotatable bonds is 11. The highest BCUT2D eigenvalue weighted by atomic mass is 16.7. The van der Waals surface area contributed by atoms with E-state index in [1.165, 1.54) is 5.56 Å². The number of fused-ring (bicyclic) bond motifs is 2. The van der Waals surface area contributed by atoms with Crippen LogP contribution in [0.15, 0.2) is 77.6 Å². The van der Waals surface area contributed by atoms with Gasteiger partial charge in [0.2, 0.25) is 6.79 Å². The van der Waals surface area contributed by atoms with Crippen LogP contribution in [-0.4, -0.2) is 44.0 Å². The number of nitrogens with zero attached hydrogens (tertiary/aromatic N) is 5. The number of hydrogen-bond acceptors (Lipinski definition) is 8. The maximum Gasteiger partial charge on any atom is 0.252 e. The molecule has 3 aromatic carbocycles. The standard InChI is InChI=1S/C31H32N6O4/c1-3-27(30-33-34-35-37(30)14-13-21-7-5-4-6-8-21)36(18-22-9-12-28-29(15-22)41-20-40-28)19-24-16-23-17-25(39-2)10-11-26(23)32-31(24)38/h4-12,15-17,27H,3,13-14,18-20H2,1-2H3,(H,32,38). The predicted molar refractivity (Wildman–Crippen MR) is 154 cm³/mol. The summed E-state index contributed by atoms with van der Waals surface area (Å²) in [7, 11) is 1.63. The molecule has 0 radical (unpaired) electrons. The van der Waals surface area contributed by atoms with E-state index in [-0.39, 0.29) is 18.4 Å². The van der Waals surface area contributed by atoms with E-state index < -0.39 is 0 Å². The van der Waals surface area contributed by atoms with Crippen LogP contribution in [0, 0.1) is 0 Å². The zero-order chi connectivity index (χ0) is 28.2. The van der Waals surface area contributed by atoms with Crippen molar-refractivity contribution in [3.05, 3.63) is 106 Å². The Hall–Kier alpha value is -4.70. The summed E-state index contributed by atoms with van der Waals surface area (Å²) in [6.45, 7) is 3.92. The molecule has 2 aromatic heterocycles. The third kappa shape index (κ3) is 5.78. The number of hydrogen-bond donors (Lipinski definition) is 1. The highest BCUT2D eigenvalue weighted by Gasteiger charge is 2.27. The summed E-state index contributed by atoms with van der Waals surface area (Å²) < 4.78 is 18.4. The molecule has 10 nitrogen and oxygen atoms in total. The lowest BCUT2D eigenvalue weighted by molar-refractivity contribution is 0.160. The van der Waals surface area contributed by atoms with Crippen molar-refractivity contribution in [2.45, 2.75) is 45.4 Å². The zero-order valence-electron chi connectivity index (χ0n) is 23.1. The summed E-state index contributed by atoms with van der Waals surface area (Å²) in [5, 5.41) is 13.7. The van der Waals surface area contributed by atoms with Crippen LogP contribution in [0.3, 0.4) is 0 Å². The van der Waals surface area contributed by atoms with Crippen LogP contribution in [0.2, 0.25) is 0 Å². The van der Waals surface area contributed by atoms with Crippen LogP contribution < -0.4 is 19.8 Å². The lowest BCUT2D eigenvalue weighted by atomic mass is 10.1. The smallest absolute Gasteiger partial charge is 0.252 e. The van der Waals surface area contributed by atoms with Gasteiger partial charge in [-0.1, -0.05) is 43.3 Å². The average Bonchev–Trinajstić information content (AvgIpc) is 3.66. The van der Waals surface area contributed by atoms with Crippen molar-refractivity contribution in [2.24, 2.45) is 0 Å². The summed E-state index contributed by atoms with van der Waals surface area (Å²) in [4.78, 5) is 18.5. The maximum absolute atomic E-state index is 13.3. The third-order valence-electron chi connectivity index (χ3n) is 7.46. The van der Waals surface area contributed by atoms with Crippen LogP contribution in [0.4, 0.5) is 0 Å². The van der Waals surface area contributed by atoms with E-state index in [0.29, 0.717) is 25.2 Å². The van der Waals surface area contributed by atoms with Gasteiger partial charge in [0.05, 0.1) is 13.2 Å². The number of nitrogens with one attached hydrogen (secondary N) is 1. The Kier molecular flexibility index (Phi) is 7.64. The minimum Gasteiger partial charge on any atom is -0.497 e. The van der Waals surface area contributed by atoms with Gasteiger partial charge >= 0.3 is 0 Å². The van der Waals surface area contributed by atoms with Crippen molar-refractivity contribution in [1.29, 1.82) is 0 Å². The summed E-state index contributed by atoms with van der Waals surface area (Å²) >= 11 is 0. The van der Waals surface area contributed by atoms with E-state index in [0.717, 1.165) is 52.4 Å². The topological polar surface area (TPSA) is 107 Å². The van der Waals surface area contributed by atoms with Crippen LogP contribution in [0.25, 0.3) is 10.9 Å². The van der Waals surface area contributed by atoms with Gasteiger partial charge in [0, 0.05) is 36.1 Å². The molecule has 0 aliphatic carbocycles. The monoisotopic (exact) mass is 552 g/mol. The predicted octanol–water partition coefficient (Wildman–Crippen LogP) is 4.65. The van der Waals surface area contributed by atoms with E-state index in [1.807, 2.05) is 65.3 Å². The molecule has 1 unspecified atom stereocenters. The zero-order valence-corrected chi connectivity index (χ0v) is 23.1. The first-order valence-electron chi connectivity index (χ1n) is 13.7. The molecule has 0 amide bonds. The first kappa shape index (κ1) is 26.5. The van der Waals surface area contributed by atoms with Gasteiger partial charge in [-0.15, -0.1) is 5.10 Å². The number of aromatic nitrogens is 5. The first-order valence-corrected chi connectivity index (χ1v) is 13.7. The molecule has 41 heavy (non-hydrogen) atoms. The Balaban J connectivity index is 1.34. The van der Waals surface area contributed by atoms with Crippen molar-refractivity contribution < 1.29 is 14.2 Å². The van der Waals surface area contributed by atoms with Gasteiger partial charge < -0.3 is 19.2 Å². The van der Waals surface area contributed by atoms with Gasteiger partial charge in [0.25, 0.3) is 5.56 Å². The second-order valence-electron chi connectivity index (χ2n) is 10.1. The molecule has 1 N–H and O–H groups in total. The summed E-state index contributed by atoms with van der Waals surface area (Å²) in [6.07, 6.45) is 1.55. The Morgan fingerprint density at radius 2 is 1.85 bits per heavy atom. The third-order valence-corrected chi connectivity index (χ3v) is 7.46. The van der Waals surface area contributed by atoms with Gasteiger partial charge in [0.1, 0.15) is 5.75 Å². The van der Waals surface area contributed by atoms with Crippen LogP contribution in [-0.2, 0) is 26.1 Å². The van der Waals surface area contributed by atoms with Crippen molar-refractivity contribution in [3.8, 4) is 17.2 Å². The summed E-state index contributed by atoms with van der Waals surface area (Å²) in [5.74, 6) is 2.95. The molecule has 1 aliphatic rings. The Bertz CT molecular complexity index is 1700. The molecule has 1 atom stereocenters. The number of benzene rings is 3. The molecule has 0 saturated heterocycles. The molecule has 0 bridgehead atoms. The average molecular weight is 553 g/mol. The normalized spacial score (nSPS) is 13.1. The van der Waals surface area contributed by atoms with E-state index in [4.69, 9.17) is 14.2 Å². The number of tetrazole rings is 1. The largest absolute Gasteiger partial charge is 0.497 e. The van der Waals surface area contributed by atoms with Crippen molar-refractivity contribution in [1.82, 2.24) is 30.1 Å². The molecule has 210 valence electrons. The van der Waals surface area contributed by atoms with Crippen LogP contribution >= 0.6 is 0 Å². The van der Waals surface area contributed by atoms with Gasteiger partial charge in [-0.2, -0.15) is 0 Å². The van der Waals surface area contributed by atoms with Crippen LogP contribution in [0.1, 0.15) is 41.9 Å². The fraction of sp³-hybridized carbons (Fsp3) is 0.290. The molecule has 1 aliphatic heterocycles. The highest BCUT2D eigenvalue weighted by Crippen LogP contribution is 2.34. The van der Waals surface area contributed by atoms with Gasteiger partial charge in [-0.05, 0) is 70.8 Å². The Labute approximate surface area is 237 Å². The second kappa shape index (κ2) is 11.8. The molecule has 0 fully saturated rings. The summed E-state index contributed by atoms with van der Waals surface area (Å²) in [5.41, 5.74) is 3.54. The molecular weight excluding hydrogens is 520 g/mol. The van der Waals surface area contributed by atoms with Crippen molar-refractivity contribution in [2.75, 3.05) is 13.9 Å². The van der Waals surface area contributed by atoms with Gasteiger partial charge in [0.15, 0.2) is 17.3 Å². The second-order valence-corrected chi connectivity index (χ2v) is 10.1. The quantitative estimate of drug-likeness (QED) is 0.252. The molecular formula is C31H32N6O4. The molecule has 0 spiro atoms. The number of methoxy groups -OCH3 is 1. The molecule has 0 saturated carbocycles. The number of aromatic amines is 1. The van der Waals surface area contributed by atoms with E-state index in [2.05, 4.69) is 44.5 Å². The van der Waals surface area contributed by atoms with Crippen molar-refractivity contribution >= 4 is 10.9 Å². The molecule has 5 aromatic rings. The maximum atomic E-state index is 13.3. The lowest BCUT2D eigenvalue weighted by Gasteiger charge is -2.30. The molecule has 3 heterocycles. The highest BCUT2D eigenvalue weighted by molar-refractivity contribution is 5.80. The number of aryl methyl sites for hydroxylation is 2. The minimum absolute atomic E-state index is 0.128. The fourth-order valence-electron chi connectivity index (χ4n) is 5.34. The first-order chi connectivity index (χ1) is 20.1.